The van der Waals surface area contributed by atoms with E-state index >= 15 is 0 Å². The van der Waals surface area contributed by atoms with Gasteiger partial charge in [0.25, 0.3) is 5.69 Å². The molecule has 2 aromatic carbocycles. The van der Waals surface area contributed by atoms with E-state index in [2.05, 4.69) is 15.6 Å². The predicted octanol–water partition coefficient (Wildman–Crippen LogP) is -0.0840. The van der Waals surface area contributed by atoms with Gasteiger partial charge in [0.1, 0.15) is 11.8 Å². The smallest absolute Gasteiger partial charge is 0.272 e. The fourth-order valence-corrected chi connectivity index (χ4v) is 4.04. The Balaban J connectivity index is 1.99. The molecule has 14 heteroatoms. The second kappa shape index (κ2) is 16.4. The molecule has 2 aromatic rings. The lowest BCUT2D eigenvalue weighted by Gasteiger charge is -2.23. The zero-order valence-corrected chi connectivity index (χ0v) is 23.0. The number of benzene rings is 2. The van der Waals surface area contributed by atoms with E-state index in [9.17, 15) is 29.6 Å². The summed E-state index contributed by atoms with van der Waals surface area (Å²) < 4.78 is 0. The first-order chi connectivity index (χ1) is 19.5. The van der Waals surface area contributed by atoms with Crippen molar-refractivity contribution in [3.05, 3.63) is 69.8 Å². The lowest BCUT2D eigenvalue weighted by atomic mass is 10.0. The summed E-state index contributed by atoms with van der Waals surface area (Å²) in [6, 6.07) is 10.6. The number of hydrogen-bond acceptors (Lipinski definition) is 8. The summed E-state index contributed by atoms with van der Waals surface area (Å²) in [4.78, 5) is 54.8. The molecular formula is C27H38N8O6. The lowest BCUT2D eigenvalue weighted by Crippen LogP contribution is -2.53. The molecule has 9 N–H and O–H groups in total. The number of carbonyl (C=O) groups is 3. The van der Waals surface area contributed by atoms with Gasteiger partial charge in [-0.05, 0) is 50.3 Å². The van der Waals surface area contributed by atoms with Gasteiger partial charge in [0.15, 0.2) is 5.96 Å². The second-order valence-corrected chi connectivity index (χ2v) is 9.31. The number of rotatable bonds is 16. The van der Waals surface area contributed by atoms with Gasteiger partial charge in [-0.3, -0.25) is 29.5 Å². The quantitative estimate of drug-likeness (QED) is 0.0520. The maximum Gasteiger partial charge on any atom is 0.272 e. The highest BCUT2D eigenvalue weighted by atomic mass is 16.6. The molecule has 0 aromatic heterocycles. The molecule has 41 heavy (non-hydrogen) atoms. The summed E-state index contributed by atoms with van der Waals surface area (Å²) in [6.07, 6.45) is 1.00. The van der Waals surface area contributed by atoms with Crippen molar-refractivity contribution in [2.24, 2.45) is 22.2 Å². The molecular weight excluding hydrogens is 532 g/mol. The van der Waals surface area contributed by atoms with Crippen LogP contribution >= 0.6 is 0 Å². The number of guanidine groups is 1. The zero-order chi connectivity index (χ0) is 30.4. The van der Waals surface area contributed by atoms with Crippen molar-refractivity contribution >= 4 is 29.4 Å². The van der Waals surface area contributed by atoms with Gasteiger partial charge in [0, 0.05) is 31.3 Å². The van der Waals surface area contributed by atoms with E-state index in [1.165, 1.54) is 23.1 Å². The van der Waals surface area contributed by atoms with Crippen molar-refractivity contribution in [3.8, 4) is 5.75 Å². The van der Waals surface area contributed by atoms with Gasteiger partial charge in [0.2, 0.25) is 17.7 Å². The fourth-order valence-electron chi connectivity index (χ4n) is 4.04. The molecule has 2 rings (SSSR count). The molecule has 0 saturated carbocycles. The highest BCUT2D eigenvalue weighted by Crippen LogP contribution is 2.18. The number of likely N-dealkylation sites (N-methyl/N-ethyl adjacent to an activating group) is 1. The standard InChI is InChI=1S/C27H38N8O6/c1-2-34(15-13-19-6-3-4-8-23(19)35(40)41)24(37)17-32-26(39)22(7-5-14-31-27(29)30)33-25(38)21(28)16-18-9-11-20(36)12-10-18/h3-4,6,8-12,21-22,36H,2,5,7,13-17,28H2,1H3,(H,32,39)(H,33,38)(H4,29,30,31)/t21-,22+/m0/s1. The van der Waals surface area contributed by atoms with E-state index in [-0.39, 0.29) is 62.2 Å². The van der Waals surface area contributed by atoms with Crippen molar-refractivity contribution in [2.45, 2.75) is 44.7 Å². The number of nitro groups is 1. The summed E-state index contributed by atoms with van der Waals surface area (Å²) in [5, 5.41) is 25.9. The first-order valence-electron chi connectivity index (χ1n) is 13.2. The first kappa shape index (κ1) is 32.5. The number of carbonyl (C=O) groups excluding carboxylic acids is 3. The molecule has 0 spiro atoms. The average molecular weight is 571 g/mol. The summed E-state index contributed by atoms with van der Waals surface area (Å²) in [7, 11) is 0. The number of aromatic hydroxyl groups is 1. The number of phenolic OH excluding ortho intramolecular Hbond substituents is 1. The Kier molecular flexibility index (Phi) is 13.0. The van der Waals surface area contributed by atoms with E-state index < -0.39 is 28.8 Å². The molecule has 2 atom stereocenters. The highest BCUT2D eigenvalue weighted by molar-refractivity contribution is 5.91. The molecule has 14 nitrogen and oxygen atoms in total. The van der Waals surface area contributed by atoms with Crippen LogP contribution in [0.2, 0.25) is 0 Å². The number of amides is 3. The Morgan fingerprint density at radius 1 is 1.10 bits per heavy atom. The number of nitrogens with one attached hydrogen (secondary N) is 2. The van der Waals surface area contributed by atoms with Gasteiger partial charge in [-0.1, -0.05) is 30.3 Å². The molecule has 0 aliphatic rings. The van der Waals surface area contributed by atoms with E-state index in [0.717, 1.165) is 5.56 Å². The van der Waals surface area contributed by atoms with E-state index in [1.54, 1.807) is 37.3 Å². The monoisotopic (exact) mass is 570 g/mol. The van der Waals surface area contributed by atoms with Crippen molar-refractivity contribution < 1.29 is 24.4 Å². The third-order valence-corrected chi connectivity index (χ3v) is 6.29. The van der Waals surface area contributed by atoms with Crippen molar-refractivity contribution in [2.75, 3.05) is 26.2 Å². The van der Waals surface area contributed by atoms with Gasteiger partial charge < -0.3 is 37.8 Å². The minimum absolute atomic E-state index is 0.0211. The van der Waals surface area contributed by atoms with Crippen LogP contribution in [0.15, 0.2) is 53.5 Å². The average Bonchev–Trinajstić information content (AvgIpc) is 2.94. The third kappa shape index (κ3) is 11.1. The Morgan fingerprint density at radius 3 is 2.41 bits per heavy atom. The van der Waals surface area contributed by atoms with Crippen LogP contribution in [-0.4, -0.2) is 76.9 Å². The Hall–Kier alpha value is -4.72. The van der Waals surface area contributed by atoms with Gasteiger partial charge in [-0.15, -0.1) is 0 Å². The minimum Gasteiger partial charge on any atom is -0.508 e. The predicted molar refractivity (Wildman–Crippen MR) is 154 cm³/mol. The summed E-state index contributed by atoms with van der Waals surface area (Å²) in [5.74, 6) is -1.54. The third-order valence-electron chi connectivity index (χ3n) is 6.29. The van der Waals surface area contributed by atoms with Crippen LogP contribution in [0.1, 0.15) is 30.9 Å². The van der Waals surface area contributed by atoms with Crippen LogP contribution in [0.5, 0.6) is 5.75 Å². The molecule has 0 heterocycles. The normalized spacial score (nSPS) is 12.0. The van der Waals surface area contributed by atoms with Crippen LogP contribution < -0.4 is 27.8 Å². The molecule has 0 aliphatic carbocycles. The SMILES string of the molecule is CCN(CCc1ccccc1[N+](=O)[O-])C(=O)CNC(=O)[C@@H](CCCN=C(N)N)NC(=O)[C@@H](N)Cc1ccc(O)cc1. The number of nitrogens with two attached hydrogens (primary N) is 3. The molecule has 222 valence electrons. The van der Waals surface area contributed by atoms with Crippen molar-refractivity contribution in [1.82, 2.24) is 15.5 Å². The highest BCUT2D eigenvalue weighted by Gasteiger charge is 2.25. The molecule has 0 aliphatic heterocycles. The van der Waals surface area contributed by atoms with Crippen LogP contribution in [0.25, 0.3) is 0 Å². The largest absolute Gasteiger partial charge is 0.508 e. The number of nitrogens with zero attached hydrogens (tertiary/aromatic N) is 3. The minimum atomic E-state index is -1.00. The fraction of sp³-hybridized carbons (Fsp3) is 0.407. The van der Waals surface area contributed by atoms with Gasteiger partial charge in [-0.2, -0.15) is 0 Å². The van der Waals surface area contributed by atoms with Gasteiger partial charge >= 0.3 is 0 Å². The van der Waals surface area contributed by atoms with Gasteiger partial charge in [-0.25, -0.2) is 0 Å². The van der Waals surface area contributed by atoms with Crippen molar-refractivity contribution in [3.63, 3.8) is 0 Å². The Morgan fingerprint density at radius 2 is 1.78 bits per heavy atom. The molecule has 0 bridgehead atoms. The molecule has 0 saturated heterocycles. The number of phenols is 1. The maximum atomic E-state index is 13.0. The number of para-hydroxylation sites is 1. The van der Waals surface area contributed by atoms with Crippen molar-refractivity contribution in [1.29, 1.82) is 0 Å². The van der Waals surface area contributed by atoms with Crippen LogP contribution in [0, 0.1) is 10.1 Å². The molecule has 3 amide bonds. The van der Waals surface area contributed by atoms with E-state index in [0.29, 0.717) is 18.5 Å². The van der Waals surface area contributed by atoms with Gasteiger partial charge in [0.05, 0.1) is 17.5 Å². The topological polar surface area (TPSA) is 232 Å². The van der Waals surface area contributed by atoms with Crippen LogP contribution in [-0.2, 0) is 27.2 Å². The zero-order valence-electron chi connectivity index (χ0n) is 23.0. The number of aliphatic imine (C=N–C) groups is 1. The maximum absolute atomic E-state index is 13.0. The van der Waals surface area contributed by atoms with E-state index in [4.69, 9.17) is 17.2 Å². The number of hydrogen-bond donors (Lipinski definition) is 6. The second-order valence-electron chi connectivity index (χ2n) is 9.31. The van der Waals surface area contributed by atoms with Crippen LogP contribution in [0.3, 0.4) is 0 Å². The summed E-state index contributed by atoms with van der Waals surface area (Å²) in [5.41, 5.74) is 18.0. The summed E-state index contributed by atoms with van der Waals surface area (Å²) in [6.45, 7) is 2.22. The molecule has 0 fully saturated rings. The Labute approximate surface area is 238 Å². The van der Waals surface area contributed by atoms with E-state index in [1.807, 2.05) is 0 Å². The first-order valence-corrected chi connectivity index (χ1v) is 13.2. The summed E-state index contributed by atoms with van der Waals surface area (Å²) >= 11 is 0. The molecule has 0 radical (unpaired) electrons. The Bertz CT molecular complexity index is 1220. The lowest BCUT2D eigenvalue weighted by molar-refractivity contribution is -0.385. The molecule has 0 unspecified atom stereocenters. The number of nitro benzene ring substituents is 1. The van der Waals surface area contributed by atoms with Crippen LogP contribution in [0.4, 0.5) is 5.69 Å².